The van der Waals surface area contributed by atoms with E-state index in [1.807, 2.05) is 12.1 Å². The first-order chi connectivity index (χ1) is 8.53. The SMILES string of the molecule is CCS(=O)(=O)c1ccc(N2CCC(=O)CC2)cc1. The summed E-state index contributed by atoms with van der Waals surface area (Å²) in [6, 6.07) is 6.92. The van der Waals surface area contributed by atoms with Crippen LogP contribution in [0.3, 0.4) is 0 Å². The Labute approximate surface area is 108 Å². The largest absolute Gasteiger partial charge is 0.371 e. The van der Waals surface area contributed by atoms with Gasteiger partial charge in [0.1, 0.15) is 5.78 Å². The highest BCUT2D eigenvalue weighted by atomic mass is 32.2. The van der Waals surface area contributed by atoms with Crippen molar-refractivity contribution in [2.45, 2.75) is 24.7 Å². The van der Waals surface area contributed by atoms with Gasteiger partial charge in [0.25, 0.3) is 0 Å². The molecular formula is C13H17NO3S. The monoisotopic (exact) mass is 267 g/mol. The minimum Gasteiger partial charge on any atom is -0.371 e. The fourth-order valence-corrected chi connectivity index (χ4v) is 2.93. The summed E-state index contributed by atoms with van der Waals surface area (Å²) >= 11 is 0. The quantitative estimate of drug-likeness (QED) is 0.835. The van der Waals surface area contributed by atoms with Gasteiger partial charge in [-0.05, 0) is 24.3 Å². The van der Waals surface area contributed by atoms with Crippen LogP contribution in [0.15, 0.2) is 29.2 Å². The van der Waals surface area contributed by atoms with Crippen molar-refractivity contribution in [1.29, 1.82) is 0 Å². The highest BCUT2D eigenvalue weighted by molar-refractivity contribution is 7.91. The van der Waals surface area contributed by atoms with Crippen LogP contribution < -0.4 is 4.90 Å². The van der Waals surface area contributed by atoms with Crippen molar-refractivity contribution in [1.82, 2.24) is 0 Å². The molecule has 1 heterocycles. The number of carbonyl (C=O) groups excluding carboxylic acids is 1. The van der Waals surface area contributed by atoms with E-state index in [0.29, 0.717) is 23.5 Å². The second-order valence-corrected chi connectivity index (χ2v) is 6.70. The third kappa shape index (κ3) is 2.72. The Morgan fingerprint density at radius 2 is 1.67 bits per heavy atom. The molecule has 2 rings (SSSR count). The van der Waals surface area contributed by atoms with Crippen molar-refractivity contribution in [3.63, 3.8) is 0 Å². The van der Waals surface area contributed by atoms with Gasteiger partial charge < -0.3 is 4.90 Å². The number of ketones is 1. The van der Waals surface area contributed by atoms with E-state index in [2.05, 4.69) is 4.90 Å². The number of rotatable bonds is 3. The van der Waals surface area contributed by atoms with Gasteiger partial charge in [-0.25, -0.2) is 8.42 Å². The van der Waals surface area contributed by atoms with Gasteiger partial charge in [0.2, 0.25) is 0 Å². The number of hydrogen-bond acceptors (Lipinski definition) is 4. The van der Waals surface area contributed by atoms with Crippen molar-refractivity contribution in [3.05, 3.63) is 24.3 Å². The summed E-state index contributed by atoms with van der Waals surface area (Å²) in [5.41, 5.74) is 0.984. The highest BCUT2D eigenvalue weighted by Gasteiger charge is 2.17. The van der Waals surface area contributed by atoms with Crippen LogP contribution in [-0.2, 0) is 14.6 Å². The van der Waals surface area contributed by atoms with Gasteiger partial charge in [-0.3, -0.25) is 4.79 Å². The number of nitrogens with zero attached hydrogens (tertiary/aromatic N) is 1. The molecule has 0 aromatic heterocycles. The van der Waals surface area contributed by atoms with Gasteiger partial charge in [0.15, 0.2) is 9.84 Å². The molecule has 18 heavy (non-hydrogen) atoms. The summed E-state index contributed by atoms with van der Waals surface area (Å²) in [5.74, 6) is 0.418. The van der Waals surface area contributed by atoms with Crippen LogP contribution in [0.5, 0.6) is 0 Å². The van der Waals surface area contributed by atoms with Crippen molar-refractivity contribution in [2.75, 3.05) is 23.7 Å². The summed E-state index contributed by atoms with van der Waals surface area (Å²) in [4.78, 5) is 13.6. The molecule has 5 heteroatoms. The number of anilines is 1. The lowest BCUT2D eigenvalue weighted by atomic mass is 10.1. The molecule has 1 aliphatic heterocycles. The topological polar surface area (TPSA) is 54.5 Å². The fourth-order valence-electron chi connectivity index (χ4n) is 2.05. The van der Waals surface area contributed by atoms with E-state index in [-0.39, 0.29) is 5.75 Å². The van der Waals surface area contributed by atoms with Gasteiger partial charge >= 0.3 is 0 Å². The minimum atomic E-state index is -3.13. The molecule has 0 unspecified atom stereocenters. The molecule has 1 saturated heterocycles. The average molecular weight is 267 g/mol. The molecule has 4 nitrogen and oxygen atoms in total. The van der Waals surface area contributed by atoms with Crippen molar-refractivity contribution in [3.8, 4) is 0 Å². The predicted molar refractivity (Wildman–Crippen MR) is 70.6 cm³/mol. The van der Waals surface area contributed by atoms with Crippen molar-refractivity contribution < 1.29 is 13.2 Å². The molecule has 0 aliphatic carbocycles. The zero-order chi connectivity index (χ0) is 13.2. The molecule has 0 saturated carbocycles. The predicted octanol–water partition coefficient (Wildman–Crippen LogP) is 1.65. The molecule has 98 valence electrons. The van der Waals surface area contributed by atoms with E-state index in [0.717, 1.165) is 18.8 Å². The minimum absolute atomic E-state index is 0.116. The average Bonchev–Trinajstić information content (AvgIpc) is 2.40. The second kappa shape index (κ2) is 5.10. The van der Waals surface area contributed by atoms with Gasteiger partial charge in [-0.15, -0.1) is 0 Å². The van der Waals surface area contributed by atoms with Crippen LogP contribution in [0.25, 0.3) is 0 Å². The summed E-state index contributed by atoms with van der Waals surface area (Å²) < 4.78 is 23.3. The Morgan fingerprint density at radius 1 is 1.11 bits per heavy atom. The van der Waals surface area contributed by atoms with Crippen LogP contribution in [0, 0.1) is 0 Å². The van der Waals surface area contributed by atoms with Gasteiger partial charge in [0, 0.05) is 31.6 Å². The number of sulfone groups is 1. The number of piperidine rings is 1. The first kappa shape index (κ1) is 13.1. The molecule has 1 aromatic rings. The Hall–Kier alpha value is -1.36. The number of carbonyl (C=O) groups is 1. The van der Waals surface area contributed by atoms with Gasteiger partial charge in [0.05, 0.1) is 10.6 Å². The van der Waals surface area contributed by atoms with Gasteiger partial charge in [-0.1, -0.05) is 6.92 Å². The standard InChI is InChI=1S/C13H17NO3S/c1-2-18(16,17)13-5-3-11(4-6-13)14-9-7-12(15)8-10-14/h3-6H,2,7-10H2,1H3. The number of Topliss-reactive ketones (excluding diaryl/α,β-unsaturated/α-hetero) is 1. The molecule has 1 aliphatic rings. The normalized spacial score (nSPS) is 16.9. The number of benzene rings is 1. The van der Waals surface area contributed by atoms with E-state index in [1.54, 1.807) is 19.1 Å². The molecule has 0 radical (unpaired) electrons. The fraction of sp³-hybridized carbons (Fsp3) is 0.462. The van der Waals surface area contributed by atoms with Crippen LogP contribution in [0.4, 0.5) is 5.69 Å². The first-order valence-electron chi connectivity index (χ1n) is 6.12. The van der Waals surface area contributed by atoms with E-state index < -0.39 is 9.84 Å². The molecule has 0 amide bonds. The Kier molecular flexibility index (Phi) is 3.71. The first-order valence-corrected chi connectivity index (χ1v) is 7.77. The number of hydrogen-bond donors (Lipinski definition) is 0. The van der Waals surface area contributed by atoms with Crippen molar-refractivity contribution >= 4 is 21.3 Å². The lowest BCUT2D eigenvalue weighted by Gasteiger charge is -2.28. The second-order valence-electron chi connectivity index (χ2n) is 4.42. The van der Waals surface area contributed by atoms with E-state index >= 15 is 0 Å². The molecule has 0 atom stereocenters. The Bertz CT molecular complexity index is 524. The summed E-state index contributed by atoms with van der Waals surface area (Å²) in [6.07, 6.45) is 1.16. The molecule has 1 fully saturated rings. The molecule has 0 bridgehead atoms. The van der Waals surface area contributed by atoms with Crippen LogP contribution in [-0.4, -0.2) is 33.0 Å². The lowest BCUT2D eigenvalue weighted by molar-refractivity contribution is -0.119. The van der Waals surface area contributed by atoms with Crippen LogP contribution in [0.2, 0.25) is 0 Å². The van der Waals surface area contributed by atoms with E-state index in [1.165, 1.54) is 0 Å². The van der Waals surface area contributed by atoms with E-state index in [4.69, 9.17) is 0 Å². The summed E-state index contributed by atoms with van der Waals surface area (Å²) in [6.45, 7) is 3.08. The third-order valence-electron chi connectivity index (χ3n) is 3.26. The lowest BCUT2D eigenvalue weighted by Crippen LogP contribution is -2.33. The van der Waals surface area contributed by atoms with E-state index in [9.17, 15) is 13.2 Å². The maximum atomic E-state index is 11.7. The molecule has 1 aromatic carbocycles. The van der Waals surface area contributed by atoms with Crippen molar-refractivity contribution in [2.24, 2.45) is 0 Å². The molecular weight excluding hydrogens is 250 g/mol. The maximum Gasteiger partial charge on any atom is 0.178 e. The zero-order valence-electron chi connectivity index (χ0n) is 10.4. The Balaban J connectivity index is 2.15. The van der Waals surface area contributed by atoms with Gasteiger partial charge in [-0.2, -0.15) is 0 Å². The Morgan fingerprint density at radius 3 is 2.17 bits per heavy atom. The highest BCUT2D eigenvalue weighted by Crippen LogP contribution is 2.21. The summed E-state index contributed by atoms with van der Waals surface area (Å²) in [7, 11) is -3.13. The maximum absolute atomic E-state index is 11.7. The van der Waals surface area contributed by atoms with Crippen LogP contribution in [0.1, 0.15) is 19.8 Å². The third-order valence-corrected chi connectivity index (χ3v) is 5.01. The molecule has 0 spiro atoms. The zero-order valence-corrected chi connectivity index (χ0v) is 11.2. The van der Waals surface area contributed by atoms with Crippen LogP contribution >= 0.6 is 0 Å². The molecule has 0 N–H and O–H groups in total. The summed E-state index contributed by atoms with van der Waals surface area (Å²) in [5, 5.41) is 0. The smallest absolute Gasteiger partial charge is 0.178 e.